The third-order valence-electron chi connectivity index (χ3n) is 2.96. The standard InChI is InChI=1S/C12H20N2O5S/c1-12(2)7-14(5-6-20-12)11(19)13-8(10(17)18)3-4-9(15)16/h8H,3-7H2,1-2H3,(H,13,19)(H,15,16)(H,17,18)/t8-/m0/s1. The molecule has 1 rings (SSSR count). The summed E-state index contributed by atoms with van der Waals surface area (Å²) in [5.74, 6) is -1.50. The summed E-state index contributed by atoms with van der Waals surface area (Å²) in [7, 11) is 0. The van der Waals surface area contributed by atoms with Crippen LogP contribution in [-0.4, -0.2) is 62.7 Å². The van der Waals surface area contributed by atoms with Crippen LogP contribution in [0.2, 0.25) is 0 Å². The highest BCUT2D eigenvalue weighted by molar-refractivity contribution is 8.00. The summed E-state index contributed by atoms with van der Waals surface area (Å²) >= 11 is 1.77. The van der Waals surface area contributed by atoms with Crippen LogP contribution in [0.5, 0.6) is 0 Å². The van der Waals surface area contributed by atoms with Crippen LogP contribution in [0.25, 0.3) is 0 Å². The van der Waals surface area contributed by atoms with E-state index in [-0.39, 0.29) is 17.6 Å². The van der Waals surface area contributed by atoms with E-state index >= 15 is 0 Å². The molecular formula is C12H20N2O5S. The summed E-state index contributed by atoms with van der Waals surface area (Å²) in [4.78, 5) is 35.1. The molecule has 0 radical (unpaired) electrons. The molecule has 2 amide bonds. The maximum absolute atomic E-state index is 12.0. The Labute approximate surface area is 121 Å². The highest BCUT2D eigenvalue weighted by atomic mass is 32.2. The summed E-state index contributed by atoms with van der Waals surface area (Å²) in [5, 5.41) is 20.0. The first-order valence-electron chi connectivity index (χ1n) is 6.35. The van der Waals surface area contributed by atoms with E-state index in [2.05, 4.69) is 5.32 Å². The van der Waals surface area contributed by atoms with Gasteiger partial charge in [-0.1, -0.05) is 0 Å². The first-order chi connectivity index (χ1) is 9.21. The molecule has 0 spiro atoms. The Morgan fingerprint density at radius 1 is 1.35 bits per heavy atom. The second kappa shape index (κ2) is 6.83. The number of nitrogens with zero attached hydrogens (tertiary/aromatic N) is 1. The van der Waals surface area contributed by atoms with Crippen molar-refractivity contribution in [3.05, 3.63) is 0 Å². The highest BCUT2D eigenvalue weighted by Crippen LogP contribution is 2.29. The van der Waals surface area contributed by atoms with Gasteiger partial charge in [-0.15, -0.1) is 0 Å². The lowest BCUT2D eigenvalue weighted by atomic mass is 10.1. The van der Waals surface area contributed by atoms with E-state index < -0.39 is 24.0 Å². The van der Waals surface area contributed by atoms with Gasteiger partial charge in [0.1, 0.15) is 6.04 Å². The van der Waals surface area contributed by atoms with Crippen LogP contribution in [-0.2, 0) is 9.59 Å². The van der Waals surface area contributed by atoms with Gasteiger partial charge in [0, 0.05) is 30.0 Å². The SMILES string of the molecule is CC1(C)CN(C(=O)N[C@@H](CCC(=O)O)C(=O)O)CCS1. The van der Waals surface area contributed by atoms with Crippen molar-refractivity contribution in [2.45, 2.75) is 37.5 Å². The van der Waals surface area contributed by atoms with Crippen molar-refractivity contribution < 1.29 is 24.6 Å². The van der Waals surface area contributed by atoms with Gasteiger partial charge >= 0.3 is 18.0 Å². The number of carbonyl (C=O) groups excluding carboxylic acids is 1. The lowest BCUT2D eigenvalue weighted by molar-refractivity contribution is -0.140. The number of amides is 2. The molecule has 3 N–H and O–H groups in total. The van der Waals surface area contributed by atoms with Crippen molar-refractivity contribution in [1.29, 1.82) is 0 Å². The zero-order valence-corrected chi connectivity index (χ0v) is 12.4. The molecule has 1 aliphatic rings. The molecule has 1 fully saturated rings. The second-order valence-corrected chi connectivity index (χ2v) is 7.10. The molecule has 0 unspecified atom stereocenters. The maximum Gasteiger partial charge on any atom is 0.326 e. The summed E-state index contributed by atoms with van der Waals surface area (Å²) in [6.45, 7) is 5.15. The largest absolute Gasteiger partial charge is 0.481 e. The molecule has 0 aliphatic carbocycles. The Kier molecular flexibility index (Phi) is 5.67. The number of thioether (sulfide) groups is 1. The fourth-order valence-corrected chi connectivity index (χ4v) is 3.07. The van der Waals surface area contributed by atoms with Gasteiger partial charge in [0.25, 0.3) is 0 Å². The van der Waals surface area contributed by atoms with Gasteiger partial charge in [0.2, 0.25) is 0 Å². The smallest absolute Gasteiger partial charge is 0.326 e. The Balaban J connectivity index is 2.57. The molecule has 0 aromatic heterocycles. The van der Waals surface area contributed by atoms with Crippen molar-refractivity contribution in [3.8, 4) is 0 Å². The molecule has 114 valence electrons. The van der Waals surface area contributed by atoms with Gasteiger partial charge in [-0.3, -0.25) is 4.79 Å². The molecular weight excluding hydrogens is 284 g/mol. The fraction of sp³-hybridized carbons (Fsp3) is 0.750. The Hall–Kier alpha value is -1.44. The molecule has 0 saturated carbocycles. The summed E-state index contributed by atoms with van der Waals surface area (Å²) in [5.41, 5.74) is 0. The monoisotopic (exact) mass is 304 g/mol. The normalized spacial score (nSPS) is 19.2. The lowest BCUT2D eigenvalue weighted by Gasteiger charge is -2.37. The Bertz CT molecular complexity index is 399. The summed E-state index contributed by atoms with van der Waals surface area (Å²) in [6, 6.07) is -1.62. The molecule has 1 heterocycles. The van der Waals surface area contributed by atoms with Crippen LogP contribution >= 0.6 is 11.8 Å². The number of nitrogens with one attached hydrogen (secondary N) is 1. The first-order valence-corrected chi connectivity index (χ1v) is 7.34. The van der Waals surface area contributed by atoms with Crippen LogP contribution in [0.4, 0.5) is 4.79 Å². The molecule has 1 atom stereocenters. The van der Waals surface area contributed by atoms with Crippen LogP contribution in [0.15, 0.2) is 0 Å². The number of aliphatic carboxylic acids is 2. The number of rotatable bonds is 5. The number of urea groups is 1. The molecule has 0 aromatic rings. The van der Waals surface area contributed by atoms with Gasteiger partial charge in [-0.05, 0) is 20.3 Å². The van der Waals surface area contributed by atoms with Crippen molar-refractivity contribution in [2.24, 2.45) is 0 Å². The van der Waals surface area contributed by atoms with Gasteiger partial charge in [-0.2, -0.15) is 11.8 Å². The lowest BCUT2D eigenvalue weighted by Crippen LogP contribution is -2.53. The molecule has 0 bridgehead atoms. The maximum atomic E-state index is 12.0. The van der Waals surface area contributed by atoms with Crippen LogP contribution < -0.4 is 5.32 Å². The molecule has 1 aliphatic heterocycles. The number of carboxylic acids is 2. The van der Waals surface area contributed by atoms with Crippen LogP contribution in [0.3, 0.4) is 0 Å². The topological polar surface area (TPSA) is 107 Å². The average molecular weight is 304 g/mol. The fourth-order valence-electron chi connectivity index (χ4n) is 1.96. The summed E-state index contributed by atoms with van der Waals surface area (Å²) in [6.07, 6.45) is -0.416. The van der Waals surface area contributed by atoms with E-state index in [1.165, 1.54) is 0 Å². The minimum Gasteiger partial charge on any atom is -0.481 e. The van der Waals surface area contributed by atoms with Crippen molar-refractivity contribution in [2.75, 3.05) is 18.8 Å². The quantitative estimate of drug-likeness (QED) is 0.695. The van der Waals surface area contributed by atoms with E-state index in [4.69, 9.17) is 10.2 Å². The zero-order valence-electron chi connectivity index (χ0n) is 11.6. The van der Waals surface area contributed by atoms with Crippen molar-refractivity contribution in [3.63, 3.8) is 0 Å². The second-order valence-electron chi connectivity index (χ2n) is 5.30. The predicted molar refractivity (Wildman–Crippen MR) is 74.9 cm³/mol. The van der Waals surface area contributed by atoms with E-state index in [0.717, 1.165) is 5.75 Å². The summed E-state index contributed by atoms with van der Waals surface area (Å²) < 4.78 is -0.0601. The highest BCUT2D eigenvalue weighted by Gasteiger charge is 2.31. The number of carboxylic acid groups (broad SMARTS) is 2. The van der Waals surface area contributed by atoms with Crippen LogP contribution in [0.1, 0.15) is 26.7 Å². The molecule has 1 saturated heterocycles. The van der Waals surface area contributed by atoms with Gasteiger partial charge in [0.15, 0.2) is 0 Å². The van der Waals surface area contributed by atoms with E-state index in [1.807, 2.05) is 13.8 Å². The van der Waals surface area contributed by atoms with E-state index in [0.29, 0.717) is 13.1 Å². The number of carbonyl (C=O) groups is 3. The zero-order chi connectivity index (χ0) is 15.3. The third-order valence-corrected chi connectivity index (χ3v) is 4.25. The molecule has 0 aromatic carbocycles. The molecule has 8 heteroatoms. The van der Waals surface area contributed by atoms with E-state index in [1.54, 1.807) is 16.7 Å². The molecule has 20 heavy (non-hydrogen) atoms. The minimum absolute atomic E-state index is 0.0601. The first kappa shape index (κ1) is 16.6. The average Bonchev–Trinajstić information content (AvgIpc) is 2.32. The number of hydrogen-bond acceptors (Lipinski definition) is 4. The third kappa shape index (κ3) is 5.28. The van der Waals surface area contributed by atoms with Crippen molar-refractivity contribution >= 4 is 29.7 Å². The minimum atomic E-state index is -1.22. The Morgan fingerprint density at radius 2 is 2.00 bits per heavy atom. The Morgan fingerprint density at radius 3 is 2.50 bits per heavy atom. The predicted octanol–water partition coefficient (Wildman–Crippen LogP) is 0.841. The van der Waals surface area contributed by atoms with Crippen molar-refractivity contribution in [1.82, 2.24) is 10.2 Å². The van der Waals surface area contributed by atoms with Crippen LogP contribution in [0, 0.1) is 0 Å². The van der Waals surface area contributed by atoms with Gasteiger partial charge < -0.3 is 20.4 Å². The van der Waals surface area contributed by atoms with Gasteiger partial charge in [0.05, 0.1) is 0 Å². The van der Waals surface area contributed by atoms with E-state index in [9.17, 15) is 14.4 Å². The van der Waals surface area contributed by atoms with Gasteiger partial charge in [-0.25, -0.2) is 9.59 Å². The number of hydrogen-bond donors (Lipinski definition) is 3. The molecule has 7 nitrogen and oxygen atoms in total.